The summed E-state index contributed by atoms with van der Waals surface area (Å²) >= 11 is 0. The van der Waals surface area contributed by atoms with Gasteiger partial charge in [-0.1, -0.05) is 13.3 Å². The molecule has 1 atom stereocenters. The first-order valence-electron chi connectivity index (χ1n) is 6.80. The van der Waals surface area contributed by atoms with E-state index in [1.165, 1.54) is 0 Å². The number of hydrogen-bond acceptors (Lipinski definition) is 3. The van der Waals surface area contributed by atoms with Crippen LogP contribution < -0.4 is 10.5 Å². The van der Waals surface area contributed by atoms with Crippen molar-refractivity contribution in [1.29, 1.82) is 5.41 Å². The molecule has 1 unspecified atom stereocenters. The van der Waals surface area contributed by atoms with E-state index in [4.69, 9.17) is 15.9 Å². The molecule has 1 heterocycles. The zero-order valence-corrected chi connectivity index (χ0v) is 11.2. The summed E-state index contributed by atoms with van der Waals surface area (Å²) in [4.78, 5) is 12.0. The summed E-state index contributed by atoms with van der Waals surface area (Å²) in [6.45, 7) is 2.08. The lowest BCUT2D eigenvalue weighted by Gasteiger charge is -2.20. The van der Waals surface area contributed by atoms with E-state index in [1.807, 2.05) is 6.07 Å². The molecule has 0 aliphatic carbocycles. The van der Waals surface area contributed by atoms with Crippen LogP contribution in [0.4, 0.5) is 0 Å². The Bertz CT molecular complexity index is 497. The SMILES string of the molecule is CCCC1CCCc2cc(C(=N)N)ccc2OC1=O. The molecule has 1 aliphatic heterocycles. The van der Waals surface area contributed by atoms with Gasteiger partial charge >= 0.3 is 5.97 Å². The summed E-state index contributed by atoms with van der Waals surface area (Å²) in [5.74, 6) is 0.555. The minimum Gasteiger partial charge on any atom is -0.426 e. The number of nitrogens with one attached hydrogen (secondary N) is 1. The molecule has 0 amide bonds. The van der Waals surface area contributed by atoms with Crippen LogP contribution in [0, 0.1) is 11.3 Å². The van der Waals surface area contributed by atoms with E-state index in [-0.39, 0.29) is 17.7 Å². The standard InChI is InChI=1S/C15H20N2O2/c1-2-4-10-5-3-6-11-9-12(14(16)17)7-8-13(11)19-15(10)18/h7-10H,2-6H2,1H3,(H3,16,17). The predicted molar refractivity (Wildman–Crippen MR) is 74.4 cm³/mol. The second-order valence-electron chi connectivity index (χ2n) is 5.04. The molecule has 0 aromatic heterocycles. The molecule has 0 fully saturated rings. The van der Waals surface area contributed by atoms with Gasteiger partial charge in [0.05, 0.1) is 5.92 Å². The molecular weight excluding hydrogens is 240 g/mol. The van der Waals surface area contributed by atoms with E-state index >= 15 is 0 Å². The van der Waals surface area contributed by atoms with Crippen molar-refractivity contribution in [2.75, 3.05) is 0 Å². The van der Waals surface area contributed by atoms with Crippen LogP contribution in [0.5, 0.6) is 5.75 Å². The highest BCUT2D eigenvalue weighted by Gasteiger charge is 2.23. The molecule has 0 spiro atoms. The van der Waals surface area contributed by atoms with E-state index in [9.17, 15) is 4.79 Å². The van der Waals surface area contributed by atoms with Gasteiger partial charge in [0.25, 0.3) is 0 Å². The number of amidine groups is 1. The molecule has 0 radical (unpaired) electrons. The minimum atomic E-state index is -0.127. The molecule has 4 heteroatoms. The highest BCUT2D eigenvalue weighted by molar-refractivity contribution is 5.95. The molecule has 1 aromatic rings. The van der Waals surface area contributed by atoms with Gasteiger partial charge in [-0.25, -0.2) is 0 Å². The number of rotatable bonds is 3. The number of nitrogen functional groups attached to an aromatic ring is 1. The average molecular weight is 260 g/mol. The van der Waals surface area contributed by atoms with Crippen LogP contribution in [-0.2, 0) is 11.2 Å². The Balaban J connectivity index is 2.24. The minimum absolute atomic E-state index is 0.0191. The van der Waals surface area contributed by atoms with Crippen LogP contribution in [-0.4, -0.2) is 11.8 Å². The van der Waals surface area contributed by atoms with Crippen molar-refractivity contribution in [3.63, 3.8) is 0 Å². The van der Waals surface area contributed by atoms with Crippen molar-refractivity contribution in [1.82, 2.24) is 0 Å². The molecule has 1 aromatic carbocycles. The number of esters is 1. The Morgan fingerprint density at radius 2 is 2.32 bits per heavy atom. The number of carbonyl (C=O) groups is 1. The quantitative estimate of drug-likeness (QED) is 0.379. The van der Waals surface area contributed by atoms with Crippen molar-refractivity contribution in [2.45, 2.75) is 39.0 Å². The molecule has 102 valence electrons. The Hall–Kier alpha value is -1.84. The molecule has 0 saturated heterocycles. The van der Waals surface area contributed by atoms with Gasteiger partial charge in [0.1, 0.15) is 11.6 Å². The van der Waals surface area contributed by atoms with Gasteiger partial charge in [0.2, 0.25) is 0 Å². The van der Waals surface area contributed by atoms with E-state index in [0.29, 0.717) is 11.3 Å². The maximum absolute atomic E-state index is 12.0. The molecule has 4 nitrogen and oxygen atoms in total. The maximum atomic E-state index is 12.0. The molecular formula is C15H20N2O2. The lowest BCUT2D eigenvalue weighted by Crippen LogP contribution is -2.23. The number of ether oxygens (including phenoxy) is 1. The molecule has 3 N–H and O–H groups in total. The van der Waals surface area contributed by atoms with Crippen LogP contribution in [0.25, 0.3) is 0 Å². The maximum Gasteiger partial charge on any atom is 0.314 e. The van der Waals surface area contributed by atoms with Gasteiger partial charge in [-0.05, 0) is 49.4 Å². The van der Waals surface area contributed by atoms with E-state index in [0.717, 1.165) is 37.7 Å². The topological polar surface area (TPSA) is 76.2 Å². The second kappa shape index (κ2) is 5.87. The van der Waals surface area contributed by atoms with Crippen LogP contribution in [0.1, 0.15) is 43.7 Å². The van der Waals surface area contributed by atoms with Crippen LogP contribution in [0.2, 0.25) is 0 Å². The van der Waals surface area contributed by atoms with Gasteiger partial charge in [0, 0.05) is 5.56 Å². The first-order chi connectivity index (χ1) is 9.11. The van der Waals surface area contributed by atoms with Gasteiger partial charge in [-0.15, -0.1) is 0 Å². The van der Waals surface area contributed by atoms with E-state index in [2.05, 4.69) is 6.92 Å². The average Bonchev–Trinajstić information content (AvgIpc) is 2.37. The third kappa shape index (κ3) is 3.13. The van der Waals surface area contributed by atoms with Crippen LogP contribution in [0.3, 0.4) is 0 Å². The summed E-state index contributed by atoms with van der Waals surface area (Å²) in [5.41, 5.74) is 7.13. The number of aryl methyl sites for hydroxylation is 1. The molecule has 0 saturated carbocycles. The normalized spacial score (nSPS) is 19.0. The molecule has 0 bridgehead atoms. The Morgan fingerprint density at radius 3 is 3.00 bits per heavy atom. The summed E-state index contributed by atoms with van der Waals surface area (Å²) in [6, 6.07) is 5.33. The van der Waals surface area contributed by atoms with Gasteiger partial charge in [-0.3, -0.25) is 10.2 Å². The fraction of sp³-hybridized carbons (Fsp3) is 0.467. The van der Waals surface area contributed by atoms with Gasteiger partial charge in [-0.2, -0.15) is 0 Å². The lowest BCUT2D eigenvalue weighted by atomic mass is 9.93. The van der Waals surface area contributed by atoms with Crippen molar-refractivity contribution < 1.29 is 9.53 Å². The first-order valence-corrected chi connectivity index (χ1v) is 6.80. The number of benzene rings is 1. The Labute approximate surface area is 113 Å². The molecule has 19 heavy (non-hydrogen) atoms. The second-order valence-corrected chi connectivity index (χ2v) is 5.04. The van der Waals surface area contributed by atoms with E-state index in [1.54, 1.807) is 12.1 Å². The third-order valence-corrected chi connectivity index (χ3v) is 3.55. The Kier molecular flexibility index (Phi) is 4.20. The zero-order valence-electron chi connectivity index (χ0n) is 11.2. The zero-order chi connectivity index (χ0) is 13.8. The van der Waals surface area contributed by atoms with Crippen molar-refractivity contribution >= 4 is 11.8 Å². The number of nitrogens with two attached hydrogens (primary N) is 1. The summed E-state index contributed by atoms with van der Waals surface area (Å²) in [6.07, 6.45) is 4.59. The summed E-state index contributed by atoms with van der Waals surface area (Å²) in [5, 5.41) is 7.45. The number of fused-ring (bicyclic) bond motifs is 1. The molecule has 2 rings (SSSR count). The smallest absolute Gasteiger partial charge is 0.314 e. The number of carbonyl (C=O) groups excluding carboxylic acids is 1. The number of hydrogen-bond donors (Lipinski definition) is 2. The highest BCUT2D eigenvalue weighted by Crippen LogP contribution is 2.28. The van der Waals surface area contributed by atoms with Gasteiger partial charge < -0.3 is 10.5 Å². The summed E-state index contributed by atoms with van der Waals surface area (Å²) in [7, 11) is 0. The Morgan fingerprint density at radius 1 is 1.53 bits per heavy atom. The highest BCUT2D eigenvalue weighted by atomic mass is 16.5. The van der Waals surface area contributed by atoms with Crippen molar-refractivity contribution in [3.05, 3.63) is 29.3 Å². The fourth-order valence-corrected chi connectivity index (χ4v) is 2.50. The monoisotopic (exact) mass is 260 g/mol. The summed E-state index contributed by atoms with van der Waals surface area (Å²) < 4.78 is 5.49. The van der Waals surface area contributed by atoms with Crippen molar-refractivity contribution in [3.8, 4) is 5.75 Å². The van der Waals surface area contributed by atoms with E-state index < -0.39 is 0 Å². The van der Waals surface area contributed by atoms with Crippen LogP contribution in [0.15, 0.2) is 18.2 Å². The predicted octanol–water partition coefficient (Wildman–Crippen LogP) is 2.63. The largest absolute Gasteiger partial charge is 0.426 e. The van der Waals surface area contributed by atoms with Gasteiger partial charge in [0.15, 0.2) is 0 Å². The lowest BCUT2D eigenvalue weighted by molar-refractivity contribution is -0.139. The first kappa shape index (κ1) is 13.6. The third-order valence-electron chi connectivity index (χ3n) is 3.55. The molecule has 1 aliphatic rings. The van der Waals surface area contributed by atoms with Crippen molar-refractivity contribution in [2.24, 2.45) is 11.7 Å². The van der Waals surface area contributed by atoms with Crippen LogP contribution >= 0.6 is 0 Å². The fourth-order valence-electron chi connectivity index (χ4n) is 2.50.